The lowest BCUT2D eigenvalue weighted by molar-refractivity contribution is 0.281. The van der Waals surface area contributed by atoms with Gasteiger partial charge >= 0.3 is 0 Å². The van der Waals surface area contributed by atoms with Crippen molar-refractivity contribution in [3.63, 3.8) is 0 Å². The van der Waals surface area contributed by atoms with E-state index in [4.69, 9.17) is 5.11 Å². The molecule has 1 aromatic heterocycles. The molecule has 0 aliphatic heterocycles. The fourth-order valence-electron chi connectivity index (χ4n) is 2.77. The highest BCUT2D eigenvalue weighted by Crippen LogP contribution is 2.40. The maximum atomic E-state index is 12.2. The van der Waals surface area contributed by atoms with E-state index in [1.54, 1.807) is 6.07 Å². The van der Waals surface area contributed by atoms with Gasteiger partial charge in [0.15, 0.2) is 5.03 Å². The number of hydrogen-bond donors (Lipinski definition) is 2. The molecule has 20 heavy (non-hydrogen) atoms. The van der Waals surface area contributed by atoms with Crippen LogP contribution in [0, 0.1) is 5.41 Å². The number of aromatic nitrogens is 1. The Kier molecular flexibility index (Phi) is 4.78. The summed E-state index contributed by atoms with van der Waals surface area (Å²) in [4.78, 5) is 3.90. The molecular formula is C14H22N2O3S. The molecule has 1 fully saturated rings. The average molecular weight is 298 g/mol. The third-order valence-corrected chi connectivity index (χ3v) is 5.62. The highest BCUT2D eigenvalue weighted by atomic mass is 32.2. The minimum absolute atomic E-state index is 0.0129. The molecule has 1 aromatic rings. The molecule has 0 spiro atoms. The van der Waals surface area contributed by atoms with Crippen LogP contribution < -0.4 is 4.72 Å². The van der Waals surface area contributed by atoms with Gasteiger partial charge in [0, 0.05) is 12.7 Å². The summed E-state index contributed by atoms with van der Waals surface area (Å²) in [5.74, 6) is 0. The fourth-order valence-corrected chi connectivity index (χ4v) is 3.85. The lowest BCUT2D eigenvalue weighted by atomic mass is 9.84. The molecule has 0 unspecified atom stereocenters. The number of pyridine rings is 1. The van der Waals surface area contributed by atoms with Crippen LogP contribution in [0.15, 0.2) is 23.4 Å². The number of aliphatic hydroxyl groups excluding tert-OH is 1. The summed E-state index contributed by atoms with van der Waals surface area (Å²) in [5.41, 5.74) is 0.711. The zero-order chi connectivity index (χ0) is 14.6. The van der Waals surface area contributed by atoms with E-state index >= 15 is 0 Å². The predicted octanol–water partition coefficient (Wildman–Crippen LogP) is 1.82. The Bertz CT molecular complexity index is 534. The predicted molar refractivity (Wildman–Crippen MR) is 76.5 cm³/mol. The van der Waals surface area contributed by atoms with E-state index in [1.807, 2.05) is 0 Å². The molecule has 5 nitrogen and oxygen atoms in total. The molecule has 1 heterocycles. The number of aliphatic hydroxyl groups is 1. The van der Waals surface area contributed by atoms with Crippen molar-refractivity contribution in [2.24, 2.45) is 5.41 Å². The van der Waals surface area contributed by atoms with Gasteiger partial charge in [0.05, 0.1) is 6.61 Å². The zero-order valence-corrected chi connectivity index (χ0v) is 12.6. The monoisotopic (exact) mass is 298 g/mol. The van der Waals surface area contributed by atoms with Gasteiger partial charge in [-0.1, -0.05) is 25.8 Å². The largest absolute Gasteiger partial charge is 0.392 e. The van der Waals surface area contributed by atoms with E-state index in [1.165, 1.54) is 25.1 Å². The van der Waals surface area contributed by atoms with Gasteiger partial charge in [-0.2, -0.15) is 0 Å². The number of hydrogen-bond acceptors (Lipinski definition) is 4. The second-order valence-corrected chi connectivity index (χ2v) is 7.26. The second kappa shape index (κ2) is 6.20. The summed E-state index contributed by atoms with van der Waals surface area (Å²) in [6.07, 6.45) is 6.91. The molecule has 0 bridgehead atoms. The summed E-state index contributed by atoms with van der Waals surface area (Å²) >= 11 is 0. The fraction of sp³-hybridized carbons (Fsp3) is 0.643. The van der Waals surface area contributed by atoms with Crippen molar-refractivity contribution in [3.05, 3.63) is 23.9 Å². The number of nitrogens with one attached hydrogen (secondary N) is 1. The van der Waals surface area contributed by atoms with Crippen LogP contribution in [-0.4, -0.2) is 25.1 Å². The summed E-state index contributed by atoms with van der Waals surface area (Å²) in [6, 6.07) is 3.01. The summed E-state index contributed by atoms with van der Waals surface area (Å²) in [7, 11) is -3.56. The van der Waals surface area contributed by atoms with Crippen molar-refractivity contribution >= 4 is 10.0 Å². The van der Waals surface area contributed by atoms with Crippen molar-refractivity contribution in [3.8, 4) is 0 Å². The maximum Gasteiger partial charge on any atom is 0.258 e. The van der Waals surface area contributed by atoms with E-state index < -0.39 is 10.0 Å². The summed E-state index contributed by atoms with van der Waals surface area (Å²) in [6.45, 7) is 2.46. The average Bonchev–Trinajstić information content (AvgIpc) is 2.95. The molecule has 1 saturated carbocycles. The Morgan fingerprint density at radius 3 is 2.55 bits per heavy atom. The third kappa shape index (κ3) is 3.37. The van der Waals surface area contributed by atoms with Crippen LogP contribution in [0.25, 0.3) is 0 Å². The second-order valence-electron chi connectivity index (χ2n) is 5.55. The van der Waals surface area contributed by atoms with Crippen LogP contribution in [0.3, 0.4) is 0 Å². The first-order chi connectivity index (χ1) is 9.51. The van der Waals surface area contributed by atoms with Crippen molar-refractivity contribution in [2.75, 3.05) is 6.54 Å². The highest BCUT2D eigenvalue weighted by Gasteiger charge is 2.33. The highest BCUT2D eigenvalue weighted by molar-refractivity contribution is 7.89. The quantitative estimate of drug-likeness (QED) is 0.839. The van der Waals surface area contributed by atoms with Gasteiger partial charge in [0.25, 0.3) is 10.0 Å². The first kappa shape index (κ1) is 15.4. The number of nitrogens with zero attached hydrogens (tertiary/aromatic N) is 1. The molecule has 0 amide bonds. The standard InChI is InChI=1S/C14H22N2O3S/c1-2-14(7-3-4-8-14)11-16-20(18,19)13-6-5-12(10-17)9-15-13/h5-6,9,16-17H,2-4,7-8,10-11H2,1H3. The van der Waals surface area contributed by atoms with Crippen molar-refractivity contribution in [1.29, 1.82) is 0 Å². The minimum Gasteiger partial charge on any atom is -0.392 e. The molecule has 1 aliphatic carbocycles. The van der Waals surface area contributed by atoms with Gasteiger partial charge < -0.3 is 5.11 Å². The lowest BCUT2D eigenvalue weighted by Crippen LogP contribution is -2.35. The Labute approximate surface area is 120 Å². The topological polar surface area (TPSA) is 79.3 Å². The SMILES string of the molecule is CCC1(CNS(=O)(=O)c2ccc(CO)cn2)CCCC1. The van der Waals surface area contributed by atoms with Crippen LogP contribution in [0.5, 0.6) is 0 Å². The molecule has 0 radical (unpaired) electrons. The lowest BCUT2D eigenvalue weighted by Gasteiger charge is -2.27. The van der Waals surface area contributed by atoms with Gasteiger partial charge in [0.1, 0.15) is 0 Å². The van der Waals surface area contributed by atoms with Gasteiger partial charge in [-0.25, -0.2) is 18.1 Å². The van der Waals surface area contributed by atoms with Crippen molar-refractivity contribution < 1.29 is 13.5 Å². The summed E-state index contributed by atoms with van der Waals surface area (Å²) in [5, 5.41) is 8.95. The van der Waals surface area contributed by atoms with Crippen LogP contribution in [0.1, 0.15) is 44.6 Å². The Morgan fingerprint density at radius 1 is 1.35 bits per heavy atom. The van der Waals surface area contributed by atoms with E-state index in [0.29, 0.717) is 12.1 Å². The zero-order valence-electron chi connectivity index (χ0n) is 11.8. The van der Waals surface area contributed by atoms with Gasteiger partial charge in [0.2, 0.25) is 0 Å². The van der Waals surface area contributed by atoms with Gasteiger partial charge in [-0.15, -0.1) is 0 Å². The Balaban J connectivity index is 2.06. The normalized spacial score (nSPS) is 18.3. The molecule has 6 heteroatoms. The van der Waals surface area contributed by atoms with Gasteiger partial charge in [-0.3, -0.25) is 0 Å². The maximum absolute atomic E-state index is 12.2. The van der Waals surface area contributed by atoms with Crippen molar-refractivity contribution in [2.45, 2.75) is 50.7 Å². The van der Waals surface area contributed by atoms with Crippen LogP contribution in [-0.2, 0) is 16.6 Å². The number of sulfonamides is 1. The molecular weight excluding hydrogens is 276 g/mol. The van der Waals surface area contributed by atoms with Crippen LogP contribution in [0.4, 0.5) is 0 Å². The van der Waals surface area contributed by atoms with E-state index in [0.717, 1.165) is 19.3 Å². The molecule has 0 atom stereocenters. The summed E-state index contributed by atoms with van der Waals surface area (Å²) < 4.78 is 27.1. The van der Waals surface area contributed by atoms with Crippen LogP contribution in [0.2, 0.25) is 0 Å². The first-order valence-electron chi connectivity index (χ1n) is 7.07. The van der Waals surface area contributed by atoms with E-state index in [-0.39, 0.29) is 17.0 Å². The van der Waals surface area contributed by atoms with Crippen molar-refractivity contribution in [1.82, 2.24) is 9.71 Å². The molecule has 112 valence electrons. The van der Waals surface area contributed by atoms with E-state index in [2.05, 4.69) is 16.6 Å². The molecule has 0 aromatic carbocycles. The Morgan fingerprint density at radius 2 is 2.05 bits per heavy atom. The number of rotatable bonds is 6. The van der Waals surface area contributed by atoms with E-state index in [9.17, 15) is 8.42 Å². The third-order valence-electron chi connectivity index (χ3n) is 4.31. The molecule has 2 rings (SSSR count). The smallest absolute Gasteiger partial charge is 0.258 e. The Hall–Kier alpha value is -0.980. The van der Waals surface area contributed by atoms with Gasteiger partial charge in [-0.05, 0) is 36.3 Å². The van der Waals surface area contributed by atoms with Crippen LogP contribution >= 0.6 is 0 Å². The molecule has 2 N–H and O–H groups in total. The minimum atomic E-state index is -3.56. The first-order valence-corrected chi connectivity index (χ1v) is 8.55. The molecule has 1 aliphatic rings. The molecule has 0 saturated heterocycles.